The van der Waals surface area contributed by atoms with Crippen LogP contribution >= 0.6 is 0 Å². The van der Waals surface area contributed by atoms with Gasteiger partial charge in [-0.05, 0) is 25.0 Å². The zero-order valence-corrected chi connectivity index (χ0v) is 12.8. The van der Waals surface area contributed by atoms with E-state index in [-0.39, 0.29) is 18.6 Å². The van der Waals surface area contributed by atoms with Gasteiger partial charge < -0.3 is 10.1 Å². The summed E-state index contributed by atoms with van der Waals surface area (Å²) in [5, 5.41) is 2.73. The van der Waals surface area contributed by atoms with Crippen molar-refractivity contribution in [2.45, 2.75) is 18.9 Å². The summed E-state index contributed by atoms with van der Waals surface area (Å²) in [7, 11) is -3.51. The summed E-state index contributed by atoms with van der Waals surface area (Å²) in [6.45, 7) is 0.917. The molecule has 1 N–H and O–H groups in total. The van der Waals surface area contributed by atoms with Crippen molar-refractivity contribution in [1.29, 1.82) is 0 Å². The first-order valence-electron chi connectivity index (χ1n) is 6.88. The minimum atomic E-state index is -3.51. The van der Waals surface area contributed by atoms with Crippen molar-refractivity contribution in [2.75, 3.05) is 30.3 Å². The van der Waals surface area contributed by atoms with Gasteiger partial charge in [-0.3, -0.25) is 9.10 Å². The van der Waals surface area contributed by atoms with Crippen molar-refractivity contribution < 1.29 is 17.9 Å². The third-order valence-electron chi connectivity index (χ3n) is 3.28. The predicted molar refractivity (Wildman–Crippen MR) is 80.6 cm³/mol. The number of carbonyl (C=O) groups excluding carboxylic acids is 1. The van der Waals surface area contributed by atoms with Crippen LogP contribution in [-0.4, -0.2) is 46.4 Å². The monoisotopic (exact) mass is 312 g/mol. The number of sulfonamides is 1. The maximum absolute atomic E-state index is 12.0. The second-order valence-electron chi connectivity index (χ2n) is 5.04. The van der Waals surface area contributed by atoms with Gasteiger partial charge >= 0.3 is 0 Å². The maximum atomic E-state index is 12.0. The van der Waals surface area contributed by atoms with Crippen molar-refractivity contribution in [3.63, 3.8) is 0 Å². The number of rotatable bonds is 6. The molecule has 1 aliphatic rings. The third-order valence-corrected chi connectivity index (χ3v) is 4.42. The van der Waals surface area contributed by atoms with Crippen molar-refractivity contribution in [3.8, 4) is 0 Å². The molecule has 1 heterocycles. The molecule has 1 atom stereocenters. The second-order valence-corrected chi connectivity index (χ2v) is 6.95. The molecule has 0 saturated carbocycles. The summed E-state index contributed by atoms with van der Waals surface area (Å²) in [4.78, 5) is 12.0. The molecule has 7 heteroatoms. The van der Waals surface area contributed by atoms with Crippen LogP contribution in [0.2, 0.25) is 0 Å². The summed E-state index contributed by atoms with van der Waals surface area (Å²) in [6, 6.07) is 8.58. The summed E-state index contributed by atoms with van der Waals surface area (Å²) in [6.07, 6.45) is 3.06. The molecule has 1 aliphatic heterocycles. The van der Waals surface area contributed by atoms with Crippen LogP contribution in [0.5, 0.6) is 0 Å². The molecule has 116 valence electrons. The number of nitrogens with one attached hydrogen (secondary N) is 1. The molecule has 6 nitrogen and oxygen atoms in total. The zero-order valence-electron chi connectivity index (χ0n) is 12.0. The highest BCUT2D eigenvalue weighted by molar-refractivity contribution is 7.92. The Labute approximate surface area is 125 Å². The Morgan fingerprint density at radius 2 is 2.10 bits per heavy atom. The maximum Gasteiger partial charge on any atom is 0.240 e. The van der Waals surface area contributed by atoms with Crippen LogP contribution < -0.4 is 9.62 Å². The number of amides is 1. The number of para-hydroxylation sites is 1. The molecule has 1 fully saturated rings. The average molecular weight is 312 g/mol. The summed E-state index contributed by atoms with van der Waals surface area (Å²) >= 11 is 0. The number of hydrogen-bond acceptors (Lipinski definition) is 4. The number of hydrogen-bond donors (Lipinski definition) is 1. The zero-order chi connectivity index (χ0) is 15.3. The fourth-order valence-electron chi connectivity index (χ4n) is 2.21. The van der Waals surface area contributed by atoms with Gasteiger partial charge in [-0.2, -0.15) is 0 Å². The minimum absolute atomic E-state index is 0.0392. The van der Waals surface area contributed by atoms with Crippen LogP contribution in [0.25, 0.3) is 0 Å². The SMILES string of the molecule is CS(=O)(=O)N(CC(=O)NC[C@H]1CCCO1)c1ccccc1. The number of ether oxygens (including phenoxy) is 1. The van der Waals surface area contributed by atoms with E-state index in [9.17, 15) is 13.2 Å². The van der Waals surface area contributed by atoms with Gasteiger partial charge in [0.2, 0.25) is 15.9 Å². The fourth-order valence-corrected chi connectivity index (χ4v) is 3.07. The third kappa shape index (κ3) is 4.71. The Hall–Kier alpha value is -1.60. The van der Waals surface area contributed by atoms with Crippen LogP contribution in [0, 0.1) is 0 Å². The standard InChI is InChI=1S/C14H20N2O4S/c1-21(18,19)16(12-6-3-2-4-7-12)11-14(17)15-10-13-8-5-9-20-13/h2-4,6-7,13H,5,8-11H2,1H3,(H,15,17)/t13-/m1/s1. The van der Waals surface area contributed by atoms with Gasteiger partial charge in [-0.15, -0.1) is 0 Å². The lowest BCUT2D eigenvalue weighted by Crippen LogP contribution is -2.42. The van der Waals surface area contributed by atoms with E-state index in [2.05, 4.69) is 5.32 Å². The lowest BCUT2D eigenvalue weighted by atomic mass is 10.2. The van der Waals surface area contributed by atoms with E-state index in [0.29, 0.717) is 12.2 Å². The largest absolute Gasteiger partial charge is 0.376 e. The molecule has 21 heavy (non-hydrogen) atoms. The van der Waals surface area contributed by atoms with Gasteiger partial charge in [-0.25, -0.2) is 8.42 Å². The van der Waals surface area contributed by atoms with E-state index >= 15 is 0 Å². The van der Waals surface area contributed by atoms with E-state index in [1.54, 1.807) is 30.3 Å². The minimum Gasteiger partial charge on any atom is -0.376 e. The summed E-state index contributed by atoms with van der Waals surface area (Å²) < 4.78 is 30.2. The number of anilines is 1. The van der Waals surface area contributed by atoms with E-state index in [0.717, 1.165) is 30.0 Å². The van der Waals surface area contributed by atoms with Crippen molar-refractivity contribution in [3.05, 3.63) is 30.3 Å². The van der Waals surface area contributed by atoms with Gasteiger partial charge in [0, 0.05) is 13.2 Å². The molecular weight excluding hydrogens is 292 g/mol. The van der Waals surface area contributed by atoms with Gasteiger partial charge in [0.05, 0.1) is 18.0 Å². The molecule has 0 radical (unpaired) electrons. The average Bonchev–Trinajstić information content (AvgIpc) is 2.95. The van der Waals surface area contributed by atoms with Crippen LogP contribution in [0.1, 0.15) is 12.8 Å². The molecule has 2 rings (SSSR count). The molecular formula is C14H20N2O4S. The van der Waals surface area contributed by atoms with Crippen LogP contribution in [0.15, 0.2) is 30.3 Å². The summed E-state index contributed by atoms with van der Waals surface area (Å²) in [5.41, 5.74) is 0.479. The number of benzene rings is 1. The Kier molecular flexibility index (Phi) is 5.19. The van der Waals surface area contributed by atoms with Crippen molar-refractivity contribution in [2.24, 2.45) is 0 Å². The van der Waals surface area contributed by atoms with Crippen molar-refractivity contribution >= 4 is 21.6 Å². The highest BCUT2D eigenvalue weighted by Crippen LogP contribution is 2.16. The van der Waals surface area contributed by atoms with Gasteiger partial charge in [0.15, 0.2) is 0 Å². The first-order valence-corrected chi connectivity index (χ1v) is 8.73. The molecule has 1 aromatic carbocycles. The topological polar surface area (TPSA) is 75.7 Å². The fraction of sp³-hybridized carbons (Fsp3) is 0.500. The highest BCUT2D eigenvalue weighted by Gasteiger charge is 2.22. The first kappa shape index (κ1) is 15.8. The number of carbonyl (C=O) groups is 1. The number of nitrogens with zero attached hydrogens (tertiary/aromatic N) is 1. The smallest absolute Gasteiger partial charge is 0.240 e. The normalized spacial score (nSPS) is 18.4. The Morgan fingerprint density at radius 3 is 2.67 bits per heavy atom. The first-order chi connectivity index (χ1) is 9.97. The lowest BCUT2D eigenvalue weighted by Gasteiger charge is -2.22. The molecule has 0 unspecified atom stereocenters. The van der Waals surface area contributed by atoms with Crippen LogP contribution in [-0.2, 0) is 19.6 Å². The summed E-state index contributed by atoms with van der Waals surface area (Å²) in [5.74, 6) is -0.334. The predicted octanol–water partition coefficient (Wildman–Crippen LogP) is 0.748. The second kappa shape index (κ2) is 6.91. The van der Waals surface area contributed by atoms with Gasteiger partial charge in [-0.1, -0.05) is 18.2 Å². The molecule has 0 bridgehead atoms. The molecule has 1 amide bonds. The Balaban J connectivity index is 1.97. The van der Waals surface area contributed by atoms with E-state index in [4.69, 9.17) is 4.74 Å². The Morgan fingerprint density at radius 1 is 1.38 bits per heavy atom. The molecule has 0 aromatic heterocycles. The van der Waals surface area contributed by atoms with E-state index in [1.165, 1.54) is 0 Å². The molecule has 1 saturated heterocycles. The molecule has 0 spiro atoms. The van der Waals surface area contributed by atoms with Crippen LogP contribution in [0.4, 0.5) is 5.69 Å². The van der Waals surface area contributed by atoms with E-state index in [1.807, 2.05) is 0 Å². The van der Waals surface area contributed by atoms with Crippen LogP contribution in [0.3, 0.4) is 0 Å². The van der Waals surface area contributed by atoms with E-state index < -0.39 is 10.0 Å². The molecule has 1 aromatic rings. The molecule has 0 aliphatic carbocycles. The quantitative estimate of drug-likeness (QED) is 0.841. The highest BCUT2D eigenvalue weighted by atomic mass is 32.2. The van der Waals surface area contributed by atoms with Gasteiger partial charge in [0.1, 0.15) is 6.54 Å². The van der Waals surface area contributed by atoms with Crippen molar-refractivity contribution in [1.82, 2.24) is 5.32 Å². The van der Waals surface area contributed by atoms with Gasteiger partial charge in [0.25, 0.3) is 0 Å². The Bertz CT molecular complexity index is 568. The lowest BCUT2D eigenvalue weighted by molar-refractivity contribution is -0.120.